The summed E-state index contributed by atoms with van der Waals surface area (Å²) in [7, 11) is 0. The van der Waals surface area contributed by atoms with Gasteiger partial charge < -0.3 is 9.64 Å². The molecule has 0 unspecified atom stereocenters. The average molecular weight is 291 g/mol. The third-order valence-electron chi connectivity index (χ3n) is 2.03. The number of carbonyl (C=O) groups excluding carboxylic acids is 2. The Kier molecular flexibility index (Phi) is 6.17. The summed E-state index contributed by atoms with van der Waals surface area (Å²) in [5, 5.41) is 0. The van der Waals surface area contributed by atoms with Crippen LogP contribution in [0.1, 0.15) is 20.3 Å². The van der Waals surface area contributed by atoms with Crippen LogP contribution in [0.2, 0.25) is 0 Å². The highest BCUT2D eigenvalue weighted by molar-refractivity contribution is 5.87. The molecule has 112 valence electrons. The fourth-order valence-corrected chi connectivity index (χ4v) is 1.20. The molecule has 0 rings (SSSR count). The van der Waals surface area contributed by atoms with E-state index in [4.69, 9.17) is 0 Å². The molecule has 0 spiro atoms. The lowest BCUT2D eigenvalue weighted by Crippen LogP contribution is -2.53. The molecule has 0 heterocycles. The molecule has 0 aromatic carbocycles. The minimum atomic E-state index is -6.00. The number of rotatable bonds is 6. The van der Waals surface area contributed by atoms with E-state index in [1.165, 1.54) is 13.8 Å². The van der Waals surface area contributed by atoms with Crippen LogP contribution in [0.5, 0.6) is 0 Å². The maximum absolute atomic E-state index is 12.9. The van der Waals surface area contributed by atoms with Crippen molar-refractivity contribution in [1.29, 1.82) is 0 Å². The van der Waals surface area contributed by atoms with Gasteiger partial charge in [0.2, 0.25) is 0 Å². The number of nitrogens with zero attached hydrogens (tertiary/aromatic N) is 1. The molecule has 0 saturated carbocycles. The molecule has 1 amide bonds. The fraction of sp³-hybridized carbons (Fsp3) is 0.800. The van der Waals surface area contributed by atoms with Gasteiger partial charge in [0, 0.05) is 6.54 Å². The highest BCUT2D eigenvalue weighted by Crippen LogP contribution is 2.36. The third kappa shape index (κ3) is 4.64. The molecular formula is C10H14F5NO3. The smallest absolute Gasteiger partial charge is 0.463 e. The highest BCUT2D eigenvalue weighted by Gasteiger charge is 2.64. The Bertz CT molecular complexity index is 330. The largest absolute Gasteiger partial charge is 0.465 e. The first kappa shape index (κ1) is 17.6. The molecule has 0 N–H and O–H groups in total. The second-order valence-electron chi connectivity index (χ2n) is 3.60. The number of amides is 1. The van der Waals surface area contributed by atoms with Crippen LogP contribution in [-0.2, 0) is 14.3 Å². The molecule has 0 aliphatic rings. The molecule has 19 heavy (non-hydrogen) atoms. The molecule has 0 aliphatic carbocycles. The Morgan fingerprint density at radius 2 is 1.63 bits per heavy atom. The van der Waals surface area contributed by atoms with Crippen molar-refractivity contribution in [3.63, 3.8) is 0 Å². The van der Waals surface area contributed by atoms with Crippen LogP contribution in [0.3, 0.4) is 0 Å². The Hall–Kier alpha value is -1.41. The standard InChI is InChI=1S/C10H14F5NO3/c1-3-5-16(6-7(17)19-4-2)8(18)9(11,12)10(13,14)15/h3-6H2,1-2H3. The zero-order chi connectivity index (χ0) is 15.3. The summed E-state index contributed by atoms with van der Waals surface area (Å²) in [4.78, 5) is 22.4. The van der Waals surface area contributed by atoms with Crippen LogP contribution >= 0.6 is 0 Å². The van der Waals surface area contributed by atoms with Crippen LogP contribution in [0, 0.1) is 0 Å². The van der Waals surface area contributed by atoms with Crippen molar-refractivity contribution in [2.24, 2.45) is 0 Å². The van der Waals surface area contributed by atoms with Gasteiger partial charge in [0.05, 0.1) is 6.61 Å². The summed E-state index contributed by atoms with van der Waals surface area (Å²) in [5.41, 5.74) is 0. The van der Waals surface area contributed by atoms with E-state index >= 15 is 0 Å². The van der Waals surface area contributed by atoms with Gasteiger partial charge in [0.25, 0.3) is 0 Å². The van der Waals surface area contributed by atoms with E-state index in [9.17, 15) is 31.5 Å². The molecule has 0 bridgehead atoms. The number of hydrogen-bond acceptors (Lipinski definition) is 3. The molecule has 0 aromatic heterocycles. The van der Waals surface area contributed by atoms with E-state index < -0.39 is 37.1 Å². The number of alkyl halides is 5. The van der Waals surface area contributed by atoms with E-state index in [0.717, 1.165) is 0 Å². The maximum atomic E-state index is 12.9. The molecule has 0 fully saturated rings. The lowest BCUT2D eigenvalue weighted by atomic mass is 10.2. The molecular weight excluding hydrogens is 277 g/mol. The number of ether oxygens (including phenoxy) is 1. The van der Waals surface area contributed by atoms with Crippen molar-refractivity contribution in [2.75, 3.05) is 19.7 Å². The topological polar surface area (TPSA) is 46.6 Å². The van der Waals surface area contributed by atoms with E-state index in [1.807, 2.05) is 0 Å². The molecule has 9 heteroatoms. The Labute approximate surface area is 106 Å². The summed E-state index contributed by atoms with van der Waals surface area (Å²) in [6.45, 7) is 1.50. The Balaban J connectivity index is 4.98. The van der Waals surface area contributed by atoms with Gasteiger partial charge in [0.15, 0.2) is 0 Å². The van der Waals surface area contributed by atoms with Gasteiger partial charge in [-0.25, -0.2) is 0 Å². The summed E-state index contributed by atoms with van der Waals surface area (Å²) >= 11 is 0. The van der Waals surface area contributed by atoms with Crippen LogP contribution < -0.4 is 0 Å². The summed E-state index contributed by atoms with van der Waals surface area (Å²) in [6.07, 6.45) is -5.87. The number of carbonyl (C=O) groups is 2. The minimum Gasteiger partial charge on any atom is -0.465 e. The molecule has 0 radical (unpaired) electrons. The number of esters is 1. The monoisotopic (exact) mass is 291 g/mol. The lowest BCUT2D eigenvalue weighted by Gasteiger charge is -2.26. The number of halogens is 5. The van der Waals surface area contributed by atoms with Crippen LogP contribution in [0.15, 0.2) is 0 Å². The van der Waals surface area contributed by atoms with Crippen molar-refractivity contribution in [3.05, 3.63) is 0 Å². The third-order valence-corrected chi connectivity index (χ3v) is 2.03. The maximum Gasteiger partial charge on any atom is 0.463 e. The molecule has 0 aliphatic heterocycles. The fourth-order valence-electron chi connectivity index (χ4n) is 1.20. The van der Waals surface area contributed by atoms with Gasteiger partial charge in [-0.05, 0) is 13.3 Å². The second-order valence-corrected chi connectivity index (χ2v) is 3.60. The minimum absolute atomic E-state index is 0.0668. The van der Waals surface area contributed by atoms with Crippen molar-refractivity contribution < 1.29 is 36.3 Å². The van der Waals surface area contributed by atoms with Crippen LogP contribution in [0.4, 0.5) is 22.0 Å². The predicted octanol–water partition coefficient (Wildman–Crippen LogP) is 1.99. The van der Waals surface area contributed by atoms with Gasteiger partial charge in [-0.3, -0.25) is 9.59 Å². The molecule has 0 saturated heterocycles. The molecule has 0 aromatic rings. The highest BCUT2D eigenvalue weighted by atomic mass is 19.4. The van der Waals surface area contributed by atoms with Crippen LogP contribution in [0.25, 0.3) is 0 Å². The van der Waals surface area contributed by atoms with Gasteiger partial charge >= 0.3 is 24.0 Å². The molecule has 0 atom stereocenters. The SMILES string of the molecule is CCCN(CC(=O)OCC)C(=O)C(F)(F)C(F)(F)F. The first-order valence-electron chi connectivity index (χ1n) is 5.47. The zero-order valence-corrected chi connectivity index (χ0v) is 10.4. The Morgan fingerprint density at radius 3 is 2.00 bits per heavy atom. The van der Waals surface area contributed by atoms with Crippen molar-refractivity contribution in [1.82, 2.24) is 4.90 Å². The van der Waals surface area contributed by atoms with Crippen molar-refractivity contribution in [3.8, 4) is 0 Å². The van der Waals surface area contributed by atoms with Crippen molar-refractivity contribution >= 4 is 11.9 Å². The summed E-state index contributed by atoms with van der Waals surface area (Å²) in [6, 6.07) is 0. The average Bonchev–Trinajstić information content (AvgIpc) is 2.26. The van der Waals surface area contributed by atoms with Crippen LogP contribution in [-0.4, -0.2) is 48.6 Å². The normalized spacial score (nSPS) is 12.2. The predicted molar refractivity (Wildman–Crippen MR) is 54.5 cm³/mol. The zero-order valence-electron chi connectivity index (χ0n) is 10.4. The van der Waals surface area contributed by atoms with Gasteiger partial charge in [-0.1, -0.05) is 6.92 Å². The lowest BCUT2D eigenvalue weighted by molar-refractivity contribution is -0.274. The van der Waals surface area contributed by atoms with Gasteiger partial charge in [-0.15, -0.1) is 0 Å². The Morgan fingerprint density at radius 1 is 1.11 bits per heavy atom. The van der Waals surface area contributed by atoms with E-state index in [1.54, 1.807) is 0 Å². The molecule has 4 nitrogen and oxygen atoms in total. The first-order valence-corrected chi connectivity index (χ1v) is 5.47. The van der Waals surface area contributed by atoms with Crippen molar-refractivity contribution in [2.45, 2.75) is 32.4 Å². The van der Waals surface area contributed by atoms with E-state index in [2.05, 4.69) is 4.74 Å². The quantitative estimate of drug-likeness (QED) is 0.555. The number of hydrogen-bond donors (Lipinski definition) is 0. The van der Waals surface area contributed by atoms with E-state index in [-0.39, 0.29) is 17.9 Å². The van der Waals surface area contributed by atoms with Gasteiger partial charge in [-0.2, -0.15) is 22.0 Å². The first-order chi connectivity index (χ1) is 8.57. The summed E-state index contributed by atoms with van der Waals surface area (Å²) in [5.74, 6) is -9.01. The van der Waals surface area contributed by atoms with E-state index in [0.29, 0.717) is 0 Å². The summed E-state index contributed by atoms with van der Waals surface area (Å²) < 4.78 is 66.3. The second kappa shape index (κ2) is 6.67. The van der Waals surface area contributed by atoms with Gasteiger partial charge in [0.1, 0.15) is 6.54 Å².